The normalized spacial score (nSPS) is 11.9. The summed E-state index contributed by atoms with van der Waals surface area (Å²) in [7, 11) is -2.73. The van der Waals surface area contributed by atoms with Crippen LogP contribution in [0, 0.1) is 0 Å². The second-order valence-corrected chi connectivity index (χ2v) is 11.6. The fraction of sp³-hybridized carbons (Fsp3) is 0.259. The molecule has 0 aromatic heterocycles. The molecular formula is C27H29BrClN3O5S. The van der Waals surface area contributed by atoms with Crippen molar-refractivity contribution in [3.8, 4) is 5.75 Å². The van der Waals surface area contributed by atoms with Crippen LogP contribution in [-0.2, 0) is 26.2 Å². The number of likely N-dealkylation sites (N-methyl/N-ethyl adjacent to an activating group) is 1. The first-order valence-corrected chi connectivity index (χ1v) is 14.4. The molecule has 0 unspecified atom stereocenters. The van der Waals surface area contributed by atoms with Crippen molar-refractivity contribution in [1.82, 2.24) is 10.2 Å². The van der Waals surface area contributed by atoms with E-state index in [9.17, 15) is 18.0 Å². The number of hydrogen-bond acceptors (Lipinski definition) is 5. The molecule has 0 aliphatic rings. The number of hydrogen-bond donors (Lipinski definition) is 1. The standard InChI is InChI=1S/C27H29BrClN3O5S/c1-4-30-27(34)19(2)31(17-20-9-8-10-21(28)15-20)26(33)18-32(22-13-14-25(37-3)24(29)16-22)38(35,36)23-11-6-5-7-12-23/h5-16,19H,4,17-18H2,1-3H3,(H,30,34)/t19-/m0/s1. The molecule has 38 heavy (non-hydrogen) atoms. The lowest BCUT2D eigenvalue weighted by molar-refractivity contribution is -0.139. The summed E-state index contributed by atoms with van der Waals surface area (Å²) in [5.41, 5.74) is 0.954. The van der Waals surface area contributed by atoms with Gasteiger partial charge in [0.15, 0.2) is 0 Å². The Morgan fingerprint density at radius 1 is 1.05 bits per heavy atom. The van der Waals surface area contributed by atoms with Crippen molar-refractivity contribution in [3.05, 3.63) is 87.9 Å². The van der Waals surface area contributed by atoms with Crippen LogP contribution in [0.3, 0.4) is 0 Å². The lowest BCUT2D eigenvalue weighted by Gasteiger charge is -2.32. The molecule has 0 aliphatic heterocycles. The van der Waals surface area contributed by atoms with E-state index in [1.54, 1.807) is 32.0 Å². The molecule has 11 heteroatoms. The van der Waals surface area contributed by atoms with Gasteiger partial charge in [0.25, 0.3) is 10.0 Å². The first-order valence-electron chi connectivity index (χ1n) is 11.8. The van der Waals surface area contributed by atoms with Crippen molar-refractivity contribution >= 4 is 55.1 Å². The van der Waals surface area contributed by atoms with Crippen molar-refractivity contribution in [1.29, 1.82) is 0 Å². The van der Waals surface area contributed by atoms with Gasteiger partial charge in [-0.25, -0.2) is 8.42 Å². The molecule has 202 valence electrons. The number of benzene rings is 3. The molecule has 0 bridgehead atoms. The van der Waals surface area contributed by atoms with Gasteiger partial charge in [-0.15, -0.1) is 0 Å². The van der Waals surface area contributed by atoms with Gasteiger partial charge < -0.3 is 15.0 Å². The van der Waals surface area contributed by atoms with E-state index < -0.39 is 28.5 Å². The van der Waals surface area contributed by atoms with E-state index in [2.05, 4.69) is 21.2 Å². The van der Waals surface area contributed by atoms with E-state index in [1.807, 2.05) is 24.3 Å². The summed E-state index contributed by atoms with van der Waals surface area (Å²) < 4.78 is 34.5. The van der Waals surface area contributed by atoms with E-state index in [0.29, 0.717) is 12.3 Å². The summed E-state index contributed by atoms with van der Waals surface area (Å²) in [5.74, 6) is -0.545. The minimum atomic E-state index is -4.18. The highest BCUT2D eigenvalue weighted by Crippen LogP contribution is 2.32. The monoisotopic (exact) mass is 621 g/mol. The zero-order chi connectivity index (χ0) is 27.9. The quantitative estimate of drug-likeness (QED) is 0.330. The van der Waals surface area contributed by atoms with Gasteiger partial charge in [0.05, 0.1) is 22.7 Å². The zero-order valence-electron chi connectivity index (χ0n) is 21.2. The van der Waals surface area contributed by atoms with Crippen molar-refractivity contribution < 1.29 is 22.7 Å². The number of methoxy groups -OCH3 is 1. The van der Waals surface area contributed by atoms with Crippen molar-refractivity contribution in [3.63, 3.8) is 0 Å². The second-order valence-electron chi connectivity index (χ2n) is 8.37. The van der Waals surface area contributed by atoms with Crippen LogP contribution in [0.2, 0.25) is 5.02 Å². The molecule has 0 fully saturated rings. The van der Waals surface area contributed by atoms with Crippen molar-refractivity contribution in [2.24, 2.45) is 0 Å². The molecule has 1 atom stereocenters. The van der Waals surface area contributed by atoms with Crippen LogP contribution in [0.4, 0.5) is 5.69 Å². The molecular weight excluding hydrogens is 594 g/mol. The number of carbonyl (C=O) groups excluding carboxylic acids is 2. The lowest BCUT2D eigenvalue weighted by Crippen LogP contribution is -2.51. The maximum Gasteiger partial charge on any atom is 0.264 e. The van der Waals surface area contributed by atoms with E-state index in [-0.39, 0.29) is 28.1 Å². The van der Waals surface area contributed by atoms with Crippen LogP contribution in [0.25, 0.3) is 0 Å². The molecule has 0 heterocycles. The zero-order valence-corrected chi connectivity index (χ0v) is 24.4. The SMILES string of the molecule is CCNC(=O)[C@H](C)N(Cc1cccc(Br)c1)C(=O)CN(c1ccc(OC)c(Cl)c1)S(=O)(=O)c1ccccc1. The van der Waals surface area contributed by atoms with Gasteiger partial charge in [-0.1, -0.05) is 57.9 Å². The van der Waals surface area contributed by atoms with Gasteiger partial charge >= 0.3 is 0 Å². The fourth-order valence-corrected chi connectivity index (χ4v) is 5.92. The summed E-state index contributed by atoms with van der Waals surface area (Å²) >= 11 is 9.75. The van der Waals surface area contributed by atoms with Gasteiger partial charge in [-0.05, 0) is 61.9 Å². The Labute approximate surface area is 236 Å². The molecule has 2 amide bonds. The molecule has 0 radical (unpaired) electrons. The summed E-state index contributed by atoms with van der Waals surface area (Å²) in [6.07, 6.45) is 0. The summed E-state index contributed by atoms with van der Waals surface area (Å²) in [5, 5.41) is 2.92. The number of rotatable bonds is 11. The molecule has 3 aromatic rings. The van der Waals surface area contributed by atoms with Gasteiger partial charge in [0, 0.05) is 17.6 Å². The van der Waals surface area contributed by atoms with E-state index in [0.717, 1.165) is 14.3 Å². The summed E-state index contributed by atoms with van der Waals surface area (Å²) in [4.78, 5) is 28.0. The third-order valence-electron chi connectivity index (χ3n) is 5.79. The Hall–Kier alpha value is -3.08. The largest absolute Gasteiger partial charge is 0.495 e. The van der Waals surface area contributed by atoms with Crippen LogP contribution < -0.4 is 14.4 Å². The van der Waals surface area contributed by atoms with Crippen LogP contribution in [0.5, 0.6) is 5.75 Å². The Bertz CT molecular complexity index is 1390. The number of sulfonamides is 1. The highest BCUT2D eigenvalue weighted by atomic mass is 79.9. The van der Waals surface area contributed by atoms with E-state index in [1.165, 1.54) is 42.3 Å². The number of amides is 2. The highest BCUT2D eigenvalue weighted by Gasteiger charge is 2.32. The van der Waals surface area contributed by atoms with E-state index >= 15 is 0 Å². The third-order valence-corrected chi connectivity index (χ3v) is 8.37. The molecule has 3 aromatic carbocycles. The van der Waals surface area contributed by atoms with Gasteiger partial charge in [-0.3, -0.25) is 13.9 Å². The molecule has 0 saturated heterocycles. The number of nitrogens with one attached hydrogen (secondary N) is 1. The average molecular weight is 623 g/mol. The van der Waals surface area contributed by atoms with Crippen LogP contribution in [0.15, 0.2) is 82.2 Å². The maximum absolute atomic E-state index is 13.8. The van der Waals surface area contributed by atoms with Gasteiger partial charge in [-0.2, -0.15) is 0 Å². The minimum absolute atomic E-state index is 0.00931. The Balaban J connectivity index is 2.05. The van der Waals surface area contributed by atoms with Crippen molar-refractivity contribution in [2.75, 3.05) is 24.5 Å². The number of carbonyl (C=O) groups is 2. The average Bonchev–Trinajstić information content (AvgIpc) is 2.90. The number of halogens is 2. The third kappa shape index (κ3) is 7.06. The van der Waals surface area contributed by atoms with Gasteiger partial charge in [0.2, 0.25) is 11.8 Å². The van der Waals surface area contributed by atoms with Gasteiger partial charge in [0.1, 0.15) is 18.3 Å². The number of anilines is 1. The van der Waals surface area contributed by atoms with Crippen LogP contribution in [-0.4, -0.2) is 51.4 Å². The molecule has 0 aliphatic carbocycles. The Morgan fingerprint density at radius 2 is 1.76 bits per heavy atom. The maximum atomic E-state index is 13.8. The minimum Gasteiger partial charge on any atom is -0.495 e. The molecule has 8 nitrogen and oxygen atoms in total. The summed E-state index contributed by atoms with van der Waals surface area (Å²) in [6.45, 7) is 3.32. The molecule has 0 spiro atoms. The fourth-order valence-electron chi connectivity index (χ4n) is 3.80. The topological polar surface area (TPSA) is 96.0 Å². The lowest BCUT2D eigenvalue weighted by atomic mass is 10.1. The smallest absolute Gasteiger partial charge is 0.264 e. The Kier molecular flexibility index (Phi) is 10.2. The number of nitrogens with zero attached hydrogens (tertiary/aromatic N) is 2. The first-order chi connectivity index (χ1) is 18.1. The van der Waals surface area contributed by atoms with E-state index in [4.69, 9.17) is 16.3 Å². The summed E-state index contributed by atoms with van der Waals surface area (Å²) in [6, 6.07) is 18.8. The highest BCUT2D eigenvalue weighted by molar-refractivity contribution is 9.10. The first kappa shape index (κ1) is 29.5. The number of ether oxygens (including phenoxy) is 1. The molecule has 0 saturated carbocycles. The molecule has 3 rings (SSSR count). The van der Waals surface area contributed by atoms with Crippen LogP contribution in [0.1, 0.15) is 19.4 Å². The molecule has 1 N–H and O–H groups in total. The predicted octanol–water partition coefficient (Wildman–Crippen LogP) is 4.86. The Morgan fingerprint density at radius 3 is 2.37 bits per heavy atom. The van der Waals surface area contributed by atoms with Crippen LogP contribution >= 0.6 is 27.5 Å². The predicted molar refractivity (Wildman–Crippen MR) is 152 cm³/mol. The van der Waals surface area contributed by atoms with Crippen molar-refractivity contribution in [2.45, 2.75) is 31.3 Å². The second kappa shape index (κ2) is 13.1.